The fraction of sp³-hybridized carbons (Fsp3) is 0.636. The lowest BCUT2D eigenvalue weighted by molar-refractivity contribution is 0.496. The Kier molecular flexibility index (Phi) is 4.13. The highest BCUT2D eigenvalue weighted by Gasteiger charge is 2.33. The van der Waals surface area contributed by atoms with Crippen LogP contribution in [0.3, 0.4) is 0 Å². The first-order chi connectivity index (χ1) is 7.99. The number of sulfone groups is 1. The second kappa shape index (κ2) is 5.26. The van der Waals surface area contributed by atoms with Crippen molar-refractivity contribution in [2.75, 3.05) is 5.75 Å². The van der Waals surface area contributed by atoms with Crippen LogP contribution in [-0.2, 0) is 16.3 Å². The quantitative estimate of drug-likeness (QED) is 0.930. The molecule has 96 valence electrons. The molecule has 0 amide bonds. The standard InChI is InChI=1S/C11H16ClNO2S2/c12-11-5-4-8(16-11)7-9(13)10-3-1-2-6-17(10,14)15/h4-5,9-10H,1-3,6-7,13H2. The Balaban J connectivity index is 2.06. The van der Waals surface area contributed by atoms with E-state index in [1.54, 1.807) is 0 Å². The molecular weight excluding hydrogens is 278 g/mol. The van der Waals surface area contributed by atoms with Crippen LogP contribution in [0.4, 0.5) is 0 Å². The van der Waals surface area contributed by atoms with Gasteiger partial charge in [-0.15, -0.1) is 11.3 Å². The van der Waals surface area contributed by atoms with Crippen molar-refractivity contribution in [3.05, 3.63) is 21.3 Å². The summed E-state index contributed by atoms with van der Waals surface area (Å²) in [5.41, 5.74) is 6.05. The van der Waals surface area contributed by atoms with Gasteiger partial charge in [0.05, 0.1) is 15.3 Å². The summed E-state index contributed by atoms with van der Waals surface area (Å²) in [5.74, 6) is 0.288. The molecule has 17 heavy (non-hydrogen) atoms. The monoisotopic (exact) mass is 293 g/mol. The van der Waals surface area contributed by atoms with Gasteiger partial charge in [0.15, 0.2) is 9.84 Å². The average molecular weight is 294 g/mol. The highest BCUT2D eigenvalue weighted by atomic mass is 35.5. The second-order valence-corrected chi connectivity index (χ2v) is 8.61. The van der Waals surface area contributed by atoms with Crippen molar-refractivity contribution in [3.63, 3.8) is 0 Å². The maximum Gasteiger partial charge on any atom is 0.154 e. The van der Waals surface area contributed by atoms with Crippen molar-refractivity contribution in [1.82, 2.24) is 0 Å². The van der Waals surface area contributed by atoms with Gasteiger partial charge < -0.3 is 5.73 Å². The number of thiophene rings is 1. The Morgan fingerprint density at radius 3 is 2.82 bits per heavy atom. The van der Waals surface area contributed by atoms with Gasteiger partial charge in [-0.05, 0) is 31.4 Å². The zero-order valence-electron chi connectivity index (χ0n) is 9.43. The Morgan fingerprint density at radius 1 is 1.47 bits per heavy atom. The molecule has 0 radical (unpaired) electrons. The first kappa shape index (κ1) is 13.3. The van der Waals surface area contributed by atoms with Gasteiger partial charge in [0.25, 0.3) is 0 Å². The van der Waals surface area contributed by atoms with E-state index in [0.717, 1.165) is 22.1 Å². The number of halogens is 1. The number of hydrogen-bond acceptors (Lipinski definition) is 4. The molecule has 0 bridgehead atoms. The lowest BCUT2D eigenvalue weighted by Gasteiger charge is -2.27. The molecule has 2 atom stereocenters. The van der Waals surface area contributed by atoms with Crippen LogP contribution in [0.25, 0.3) is 0 Å². The van der Waals surface area contributed by atoms with Crippen molar-refractivity contribution in [3.8, 4) is 0 Å². The van der Waals surface area contributed by atoms with Crippen LogP contribution in [0.5, 0.6) is 0 Å². The highest BCUT2D eigenvalue weighted by molar-refractivity contribution is 7.92. The Morgan fingerprint density at radius 2 is 2.24 bits per heavy atom. The van der Waals surface area contributed by atoms with Crippen molar-refractivity contribution >= 4 is 32.8 Å². The predicted molar refractivity (Wildman–Crippen MR) is 72.4 cm³/mol. The Labute approximate surface area is 111 Å². The molecule has 2 unspecified atom stereocenters. The SMILES string of the molecule is NC(Cc1ccc(Cl)s1)C1CCCCS1(=O)=O. The van der Waals surface area contributed by atoms with Crippen molar-refractivity contribution in [2.24, 2.45) is 5.73 Å². The third-order valence-electron chi connectivity index (χ3n) is 3.17. The summed E-state index contributed by atoms with van der Waals surface area (Å²) in [6.07, 6.45) is 3.03. The summed E-state index contributed by atoms with van der Waals surface area (Å²) in [6.45, 7) is 0. The van der Waals surface area contributed by atoms with E-state index < -0.39 is 9.84 Å². The summed E-state index contributed by atoms with van der Waals surface area (Å²) in [6, 6.07) is 3.43. The van der Waals surface area contributed by atoms with Crippen LogP contribution in [0, 0.1) is 0 Å². The van der Waals surface area contributed by atoms with Gasteiger partial charge in [0, 0.05) is 10.9 Å². The molecule has 1 aromatic heterocycles. The molecule has 1 aliphatic rings. The zero-order chi connectivity index (χ0) is 12.5. The second-order valence-electron chi connectivity index (χ2n) is 4.48. The van der Waals surface area contributed by atoms with Crippen molar-refractivity contribution in [1.29, 1.82) is 0 Å². The summed E-state index contributed by atoms with van der Waals surface area (Å²) in [7, 11) is -2.99. The zero-order valence-corrected chi connectivity index (χ0v) is 11.8. The van der Waals surface area contributed by atoms with E-state index in [4.69, 9.17) is 17.3 Å². The van der Waals surface area contributed by atoms with E-state index >= 15 is 0 Å². The molecule has 0 spiro atoms. The summed E-state index contributed by atoms with van der Waals surface area (Å²) < 4.78 is 24.6. The minimum absolute atomic E-state index is 0.288. The molecule has 1 saturated heterocycles. The molecule has 6 heteroatoms. The van der Waals surface area contributed by atoms with Crippen molar-refractivity contribution in [2.45, 2.75) is 37.0 Å². The molecule has 1 aromatic rings. The molecule has 0 aliphatic carbocycles. The number of rotatable bonds is 3. The number of hydrogen-bond donors (Lipinski definition) is 1. The van der Waals surface area contributed by atoms with Crippen LogP contribution >= 0.6 is 22.9 Å². The minimum atomic E-state index is -2.99. The van der Waals surface area contributed by atoms with Crippen LogP contribution in [0.15, 0.2) is 12.1 Å². The third kappa shape index (κ3) is 3.22. The topological polar surface area (TPSA) is 60.2 Å². The van der Waals surface area contributed by atoms with Gasteiger partial charge in [-0.25, -0.2) is 8.42 Å². The fourth-order valence-corrected chi connectivity index (χ4v) is 5.51. The maximum atomic E-state index is 11.9. The molecule has 3 nitrogen and oxygen atoms in total. The molecule has 2 heterocycles. The first-order valence-corrected chi connectivity index (χ1v) is 8.61. The maximum absolute atomic E-state index is 11.9. The average Bonchev–Trinajstić information content (AvgIpc) is 2.63. The summed E-state index contributed by atoms with van der Waals surface area (Å²) in [5, 5.41) is -0.378. The van der Waals surface area contributed by atoms with Gasteiger partial charge in [0.2, 0.25) is 0 Å². The fourth-order valence-electron chi connectivity index (χ4n) is 2.29. The first-order valence-electron chi connectivity index (χ1n) is 5.70. The predicted octanol–water partition coefficient (Wildman–Crippen LogP) is 2.24. The van der Waals surface area contributed by atoms with E-state index in [9.17, 15) is 8.42 Å². The normalized spacial score (nSPS) is 25.6. The van der Waals surface area contributed by atoms with E-state index in [-0.39, 0.29) is 17.0 Å². The van der Waals surface area contributed by atoms with Gasteiger partial charge in [0.1, 0.15) is 0 Å². The number of nitrogens with two attached hydrogens (primary N) is 1. The van der Waals surface area contributed by atoms with E-state index in [1.807, 2.05) is 12.1 Å². The molecule has 1 aliphatic heterocycles. The lowest BCUT2D eigenvalue weighted by Crippen LogP contribution is -2.44. The Hall–Kier alpha value is -0.100. The smallest absolute Gasteiger partial charge is 0.154 e. The molecule has 1 fully saturated rings. The van der Waals surface area contributed by atoms with E-state index in [2.05, 4.69) is 0 Å². The van der Waals surface area contributed by atoms with E-state index in [1.165, 1.54) is 11.3 Å². The lowest BCUT2D eigenvalue weighted by atomic mass is 10.0. The molecule has 0 aromatic carbocycles. The molecule has 0 saturated carbocycles. The Bertz CT molecular complexity index is 483. The van der Waals surface area contributed by atoms with Gasteiger partial charge in [-0.1, -0.05) is 18.0 Å². The van der Waals surface area contributed by atoms with Gasteiger partial charge in [-0.2, -0.15) is 0 Å². The summed E-state index contributed by atoms with van der Waals surface area (Å²) >= 11 is 7.32. The van der Waals surface area contributed by atoms with Crippen LogP contribution in [0.1, 0.15) is 24.1 Å². The summed E-state index contributed by atoms with van der Waals surface area (Å²) in [4.78, 5) is 1.06. The minimum Gasteiger partial charge on any atom is -0.326 e. The molecule has 2 rings (SSSR count). The molecular formula is C11H16ClNO2S2. The largest absolute Gasteiger partial charge is 0.326 e. The van der Waals surface area contributed by atoms with E-state index in [0.29, 0.717) is 12.8 Å². The highest BCUT2D eigenvalue weighted by Crippen LogP contribution is 2.26. The van der Waals surface area contributed by atoms with Gasteiger partial charge >= 0.3 is 0 Å². The third-order valence-corrected chi connectivity index (χ3v) is 6.79. The van der Waals surface area contributed by atoms with Crippen LogP contribution in [0.2, 0.25) is 4.34 Å². The molecule has 2 N–H and O–H groups in total. The van der Waals surface area contributed by atoms with Crippen LogP contribution in [-0.4, -0.2) is 25.5 Å². The van der Waals surface area contributed by atoms with Crippen molar-refractivity contribution < 1.29 is 8.42 Å². The van der Waals surface area contributed by atoms with Gasteiger partial charge in [-0.3, -0.25) is 0 Å². The van der Waals surface area contributed by atoms with Crippen LogP contribution < -0.4 is 5.73 Å².